The van der Waals surface area contributed by atoms with Crippen LogP contribution in [0.5, 0.6) is 5.75 Å². The molecule has 0 aliphatic rings. The zero-order valence-electron chi connectivity index (χ0n) is 18.6. The van der Waals surface area contributed by atoms with Crippen molar-refractivity contribution >= 4 is 54.9 Å². The molecule has 7 nitrogen and oxygen atoms in total. The summed E-state index contributed by atoms with van der Waals surface area (Å²) in [5.74, 6) is -0.0778. The fourth-order valence-corrected chi connectivity index (χ4v) is 5.81. The number of ether oxygens (including phenoxy) is 1. The molecule has 3 aromatic carbocycles. The molecule has 4 aromatic rings. The first-order valence-electron chi connectivity index (χ1n) is 10.5. The number of methoxy groups -OCH3 is 1. The summed E-state index contributed by atoms with van der Waals surface area (Å²) in [4.78, 5) is 17.1. The van der Waals surface area contributed by atoms with Crippen LogP contribution in [-0.4, -0.2) is 33.0 Å². The zero-order valence-corrected chi connectivity index (χ0v) is 20.3. The second-order valence-corrected chi connectivity index (χ2v) is 10.1. The second-order valence-electron chi connectivity index (χ2n) is 7.21. The third kappa shape index (κ3) is 4.95. The van der Waals surface area contributed by atoms with Crippen LogP contribution in [0.4, 0.5) is 11.4 Å². The number of fused-ring (bicyclic) bond motifs is 1. The lowest BCUT2D eigenvalue weighted by Crippen LogP contribution is -2.30. The van der Waals surface area contributed by atoms with E-state index in [1.807, 2.05) is 30.3 Å². The second kappa shape index (κ2) is 10.1. The number of benzene rings is 3. The standard InChI is InChI=1S/C25H23N3O4S2/c1-3-28(18-9-5-4-6-10-18)34(30,31)19-13-14-22(32-2)21(17-19)26-24(29)15-16-25-27-20-11-7-8-12-23(20)33-25/h4-17H,3H2,1-2H3,(H,26,29). The molecule has 1 heterocycles. The number of thiazole rings is 1. The number of nitrogens with zero attached hydrogens (tertiary/aromatic N) is 2. The molecule has 9 heteroatoms. The molecule has 0 fully saturated rings. The van der Waals surface area contributed by atoms with Gasteiger partial charge < -0.3 is 10.1 Å². The molecule has 4 rings (SSSR count). The molecule has 0 unspecified atom stereocenters. The maximum absolute atomic E-state index is 13.3. The average molecular weight is 494 g/mol. The third-order valence-corrected chi connectivity index (χ3v) is 7.94. The molecule has 1 N–H and O–H groups in total. The zero-order chi connectivity index (χ0) is 24.1. The number of rotatable bonds is 8. The summed E-state index contributed by atoms with van der Waals surface area (Å²) in [5.41, 5.74) is 1.68. The maximum atomic E-state index is 13.3. The van der Waals surface area contributed by atoms with E-state index in [1.54, 1.807) is 37.3 Å². The number of anilines is 2. The Hall–Kier alpha value is -3.69. The van der Waals surface area contributed by atoms with Crippen molar-refractivity contribution < 1.29 is 17.9 Å². The van der Waals surface area contributed by atoms with Crippen molar-refractivity contribution in [2.75, 3.05) is 23.3 Å². The summed E-state index contributed by atoms with van der Waals surface area (Å²) < 4.78 is 34.4. The van der Waals surface area contributed by atoms with Crippen molar-refractivity contribution in [3.05, 3.63) is 83.9 Å². The van der Waals surface area contributed by atoms with Gasteiger partial charge in [-0.25, -0.2) is 13.4 Å². The average Bonchev–Trinajstić information content (AvgIpc) is 3.27. The summed E-state index contributed by atoms with van der Waals surface area (Å²) in [6.45, 7) is 2.02. The lowest BCUT2D eigenvalue weighted by molar-refractivity contribution is -0.111. The quantitative estimate of drug-likeness (QED) is 0.342. The van der Waals surface area contributed by atoms with E-state index in [2.05, 4.69) is 10.3 Å². The largest absolute Gasteiger partial charge is 0.495 e. The molecule has 1 aromatic heterocycles. The Morgan fingerprint density at radius 3 is 2.53 bits per heavy atom. The van der Waals surface area contributed by atoms with Crippen molar-refractivity contribution in [1.29, 1.82) is 0 Å². The van der Waals surface area contributed by atoms with Crippen LogP contribution in [0, 0.1) is 0 Å². The lowest BCUT2D eigenvalue weighted by atomic mass is 10.3. The number of hydrogen-bond acceptors (Lipinski definition) is 6. The van der Waals surface area contributed by atoms with Crippen molar-refractivity contribution in [1.82, 2.24) is 4.98 Å². The summed E-state index contributed by atoms with van der Waals surface area (Å²) in [5, 5.41) is 3.41. The first-order chi connectivity index (χ1) is 16.4. The van der Waals surface area contributed by atoms with E-state index < -0.39 is 15.9 Å². The fraction of sp³-hybridized carbons (Fsp3) is 0.120. The number of para-hydroxylation sites is 2. The van der Waals surface area contributed by atoms with Crippen molar-refractivity contribution in [3.8, 4) is 5.75 Å². The summed E-state index contributed by atoms with van der Waals surface area (Å²) in [6.07, 6.45) is 2.99. The lowest BCUT2D eigenvalue weighted by Gasteiger charge is -2.23. The molecule has 1 amide bonds. The number of carbonyl (C=O) groups excluding carboxylic acids is 1. The first kappa shape index (κ1) is 23.5. The van der Waals surface area contributed by atoms with Gasteiger partial charge in [-0.1, -0.05) is 30.3 Å². The molecular formula is C25H23N3O4S2. The van der Waals surface area contributed by atoms with Crippen molar-refractivity contribution in [3.63, 3.8) is 0 Å². The highest BCUT2D eigenvalue weighted by Gasteiger charge is 2.25. The van der Waals surface area contributed by atoms with E-state index in [0.29, 0.717) is 16.4 Å². The predicted octanol–water partition coefficient (Wildman–Crippen LogP) is 5.17. The molecule has 0 saturated heterocycles. The molecule has 174 valence electrons. The summed E-state index contributed by atoms with van der Waals surface area (Å²) in [6, 6.07) is 21.0. The monoisotopic (exact) mass is 493 g/mol. The Labute approximate surface area is 202 Å². The number of hydrogen-bond donors (Lipinski definition) is 1. The highest BCUT2D eigenvalue weighted by Crippen LogP contribution is 2.31. The normalized spacial score (nSPS) is 11.6. The van der Waals surface area contributed by atoms with E-state index in [1.165, 1.54) is 47.0 Å². The third-order valence-electron chi connectivity index (χ3n) is 5.04. The Kier molecular flexibility index (Phi) is 6.95. The minimum absolute atomic E-state index is 0.0458. The number of amides is 1. The fourth-order valence-electron chi connectivity index (χ4n) is 3.44. The van der Waals surface area contributed by atoms with Crippen LogP contribution in [0.15, 0.2) is 83.8 Å². The maximum Gasteiger partial charge on any atom is 0.264 e. The number of carbonyl (C=O) groups is 1. The number of aromatic nitrogens is 1. The predicted molar refractivity (Wildman–Crippen MR) is 137 cm³/mol. The molecule has 0 radical (unpaired) electrons. The van der Waals surface area contributed by atoms with E-state index in [-0.39, 0.29) is 17.1 Å². The van der Waals surface area contributed by atoms with Gasteiger partial charge in [0.1, 0.15) is 10.8 Å². The molecule has 0 aliphatic carbocycles. The Bertz CT molecular complexity index is 1410. The molecule has 0 aliphatic heterocycles. The van der Waals surface area contributed by atoms with Crippen LogP contribution in [0.2, 0.25) is 0 Å². The number of nitrogens with one attached hydrogen (secondary N) is 1. The van der Waals surface area contributed by atoms with Gasteiger partial charge in [-0.3, -0.25) is 9.10 Å². The van der Waals surface area contributed by atoms with E-state index in [4.69, 9.17) is 4.74 Å². The van der Waals surface area contributed by atoms with Crippen LogP contribution < -0.4 is 14.4 Å². The Morgan fingerprint density at radius 2 is 1.82 bits per heavy atom. The molecule has 0 atom stereocenters. The Morgan fingerprint density at radius 1 is 1.09 bits per heavy atom. The van der Waals surface area contributed by atoms with Gasteiger partial charge in [0.15, 0.2) is 0 Å². The smallest absolute Gasteiger partial charge is 0.264 e. The van der Waals surface area contributed by atoms with Gasteiger partial charge in [-0.2, -0.15) is 0 Å². The van der Waals surface area contributed by atoms with E-state index in [9.17, 15) is 13.2 Å². The minimum Gasteiger partial charge on any atom is -0.495 e. The van der Waals surface area contributed by atoms with Gasteiger partial charge in [0.2, 0.25) is 5.91 Å². The number of sulfonamides is 1. The molecule has 34 heavy (non-hydrogen) atoms. The Balaban J connectivity index is 1.59. The van der Waals surface area contributed by atoms with E-state index in [0.717, 1.165) is 10.2 Å². The summed E-state index contributed by atoms with van der Waals surface area (Å²) >= 11 is 1.48. The van der Waals surface area contributed by atoms with Crippen molar-refractivity contribution in [2.24, 2.45) is 0 Å². The van der Waals surface area contributed by atoms with Crippen LogP contribution in [-0.2, 0) is 14.8 Å². The SMILES string of the molecule is CCN(c1ccccc1)S(=O)(=O)c1ccc(OC)c(NC(=O)C=Cc2nc3ccccc3s2)c1. The molecule has 0 bridgehead atoms. The van der Waals surface area contributed by atoms with Crippen LogP contribution in [0.25, 0.3) is 16.3 Å². The van der Waals surface area contributed by atoms with Crippen molar-refractivity contribution in [2.45, 2.75) is 11.8 Å². The van der Waals surface area contributed by atoms with Gasteiger partial charge in [0.05, 0.1) is 33.6 Å². The van der Waals surface area contributed by atoms with Gasteiger partial charge in [-0.15, -0.1) is 11.3 Å². The van der Waals surface area contributed by atoms with Gasteiger partial charge in [0, 0.05) is 12.6 Å². The van der Waals surface area contributed by atoms with Gasteiger partial charge in [-0.05, 0) is 55.5 Å². The topological polar surface area (TPSA) is 88.6 Å². The van der Waals surface area contributed by atoms with Gasteiger partial charge >= 0.3 is 0 Å². The van der Waals surface area contributed by atoms with E-state index >= 15 is 0 Å². The van der Waals surface area contributed by atoms with Crippen LogP contribution in [0.1, 0.15) is 11.9 Å². The summed E-state index contributed by atoms with van der Waals surface area (Å²) in [7, 11) is -2.40. The van der Waals surface area contributed by atoms with Crippen LogP contribution in [0.3, 0.4) is 0 Å². The molecule has 0 saturated carbocycles. The minimum atomic E-state index is -3.86. The first-order valence-corrected chi connectivity index (χ1v) is 12.8. The van der Waals surface area contributed by atoms with Crippen LogP contribution >= 0.6 is 11.3 Å². The molecular weight excluding hydrogens is 470 g/mol. The van der Waals surface area contributed by atoms with Gasteiger partial charge in [0.25, 0.3) is 10.0 Å². The highest BCUT2D eigenvalue weighted by atomic mass is 32.2. The molecule has 0 spiro atoms. The highest BCUT2D eigenvalue weighted by molar-refractivity contribution is 7.92.